The van der Waals surface area contributed by atoms with Gasteiger partial charge in [0.15, 0.2) is 5.78 Å². The summed E-state index contributed by atoms with van der Waals surface area (Å²) >= 11 is 0. The zero-order valence-corrected chi connectivity index (χ0v) is 9.03. The summed E-state index contributed by atoms with van der Waals surface area (Å²) in [6.07, 6.45) is 3.07. The number of benzene rings is 1. The number of ketones is 1. The summed E-state index contributed by atoms with van der Waals surface area (Å²) in [6, 6.07) is 7.51. The van der Waals surface area contributed by atoms with Crippen LogP contribution in [0.3, 0.4) is 0 Å². The molecule has 1 fully saturated rings. The smallest absolute Gasteiger partial charge is 0.166 e. The SMILES string of the molecule is CCC(=O)c1ccccc1OCC1CC1. The van der Waals surface area contributed by atoms with Crippen LogP contribution in [-0.2, 0) is 0 Å². The average Bonchev–Trinajstić information content (AvgIpc) is 3.09. The van der Waals surface area contributed by atoms with Gasteiger partial charge < -0.3 is 4.74 Å². The van der Waals surface area contributed by atoms with Gasteiger partial charge in [-0.2, -0.15) is 0 Å². The third-order valence-corrected chi connectivity index (χ3v) is 2.68. The third kappa shape index (κ3) is 2.58. The number of carbonyl (C=O) groups is 1. The molecule has 0 atom stereocenters. The first-order valence-electron chi connectivity index (χ1n) is 5.56. The molecule has 0 unspecified atom stereocenters. The van der Waals surface area contributed by atoms with Crippen LogP contribution in [0, 0.1) is 5.92 Å². The van der Waals surface area contributed by atoms with Crippen molar-refractivity contribution in [3.63, 3.8) is 0 Å². The van der Waals surface area contributed by atoms with Gasteiger partial charge in [-0.1, -0.05) is 19.1 Å². The number of hydrogen-bond acceptors (Lipinski definition) is 2. The summed E-state index contributed by atoms with van der Waals surface area (Å²) in [6.45, 7) is 2.63. The Morgan fingerprint density at radius 3 is 2.80 bits per heavy atom. The number of ether oxygens (including phenoxy) is 1. The van der Waals surface area contributed by atoms with Crippen LogP contribution in [0.5, 0.6) is 5.75 Å². The Labute approximate surface area is 90.3 Å². The van der Waals surface area contributed by atoms with Crippen LogP contribution in [0.1, 0.15) is 36.5 Å². The minimum atomic E-state index is 0.154. The van der Waals surface area contributed by atoms with E-state index in [4.69, 9.17) is 4.74 Å². The molecule has 0 amide bonds. The molecule has 2 heteroatoms. The highest BCUT2D eigenvalue weighted by molar-refractivity contribution is 5.98. The molecule has 0 heterocycles. The standard InChI is InChI=1S/C13H16O2/c1-2-12(14)11-5-3-4-6-13(11)15-9-10-7-8-10/h3-6,10H,2,7-9H2,1H3. The topological polar surface area (TPSA) is 26.3 Å². The van der Waals surface area contributed by atoms with Gasteiger partial charge in [-0.3, -0.25) is 4.79 Å². The lowest BCUT2D eigenvalue weighted by atomic mass is 10.1. The second kappa shape index (κ2) is 4.47. The fourth-order valence-corrected chi connectivity index (χ4v) is 1.51. The third-order valence-electron chi connectivity index (χ3n) is 2.68. The van der Waals surface area contributed by atoms with Gasteiger partial charge in [0.25, 0.3) is 0 Å². The zero-order valence-electron chi connectivity index (χ0n) is 9.03. The van der Waals surface area contributed by atoms with E-state index in [2.05, 4.69) is 0 Å². The molecular weight excluding hydrogens is 188 g/mol. The predicted octanol–water partition coefficient (Wildman–Crippen LogP) is 3.07. The highest BCUT2D eigenvalue weighted by Crippen LogP contribution is 2.30. The van der Waals surface area contributed by atoms with Gasteiger partial charge in [-0.25, -0.2) is 0 Å². The van der Waals surface area contributed by atoms with E-state index in [1.54, 1.807) is 0 Å². The number of para-hydroxylation sites is 1. The second-order valence-corrected chi connectivity index (χ2v) is 4.03. The Hall–Kier alpha value is -1.31. The van der Waals surface area contributed by atoms with Gasteiger partial charge in [0.2, 0.25) is 0 Å². The van der Waals surface area contributed by atoms with Gasteiger partial charge in [0.05, 0.1) is 12.2 Å². The summed E-state index contributed by atoms with van der Waals surface area (Å²) in [4.78, 5) is 11.6. The molecule has 0 radical (unpaired) electrons. The van der Waals surface area contributed by atoms with Crippen molar-refractivity contribution in [2.45, 2.75) is 26.2 Å². The Morgan fingerprint density at radius 2 is 2.13 bits per heavy atom. The van der Waals surface area contributed by atoms with E-state index in [9.17, 15) is 4.79 Å². The lowest BCUT2D eigenvalue weighted by molar-refractivity contribution is 0.0984. The van der Waals surface area contributed by atoms with Crippen LogP contribution in [0.4, 0.5) is 0 Å². The van der Waals surface area contributed by atoms with E-state index in [0.29, 0.717) is 6.42 Å². The number of rotatable bonds is 5. The summed E-state index contributed by atoms with van der Waals surface area (Å²) in [7, 11) is 0. The van der Waals surface area contributed by atoms with Crippen LogP contribution in [0.25, 0.3) is 0 Å². The van der Waals surface area contributed by atoms with Crippen molar-refractivity contribution in [3.05, 3.63) is 29.8 Å². The van der Waals surface area contributed by atoms with Gasteiger partial charge in [0, 0.05) is 6.42 Å². The van der Waals surface area contributed by atoms with Gasteiger partial charge in [-0.05, 0) is 30.9 Å². The van der Waals surface area contributed by atoms with E-state index >= 15 is 0 Å². The van der Waals surface area contributed by atoms with Crippen molar-refractivity contribution in [1.29, 1.82) is 0 Å². The van der Waals surface area contributed by atoms with E-state index in [1.807, 2.05) is 31.2 Å². The predicted molar refractivity (Wildman–Crippen MR) is 59.3 cm³/mol. The highest BCUT2D eigenvalue weighted by Gasteiger charge is 2.22. The zero-order chi connectivity index (χ0) is 10.7. The molecule has 1 aromatic carbocycles. The molecule has 15 heavy (non-hydrogen) atoms. The van der Waals surface area contributed by atoms with Gasteiger partial charge in [-0.15, -0.1) is 0 Å². The lowest BCUT2D eigenvalue weighted by Crippen LogP contribution is -2.05. The first kappa shape index (κ1) is 10.2. The molecule has 80 valence electrons. The number of Topliss-reactive ketones (excluding diaryl/α,β-unsaturated/α-hetero) is 1. The van der Waals surface area contributed by atoms with E-state index in [-0.39, 0.29) is 5.78 Å². The maximum Gasteiger partial charge on any atom is 0.166 e. The fourth-order valence-electron chi connectivity index (χ4n) is 1.51. The molecule has 1 aliphatic carbocycles. The van der Waals surface area contributed by atoms with Crippen molar-refractivity contribution in [2.24, 2.45) is 5.92 Å². The highest BCUT2D eigenvalue weighted by atomic mass is 16.5. The van der Waals surface area contributed by atoms with Gasteiger partial charge >= 0.3 is 0 Å². The van der Waals surface area contributed by atoms with E-state index < -0.39 is 0 Å². The molecule has 0 aromatic heterocycles. The van der Waals surface area contributed by atoms with Gasteiger partial charge in [0.1, 0.15) is 5.75 Å². The fraction of sp³-hybridized carbons (Fsp3) is 0.462. The summed E-state index contributed by atoms with van der Waals surface area (Å²) in [5, 5.41) is 0. The molecule has 0 bridgehead atoms. The maximum absolute atomic E-state index is 11.6. The van der Waals surface area contributed by atoms with Crippen LogP contribution >= 0.6 is 0 Å². The summed E-state index contributed by atoms with van der Waals surface area (Å²) < 4.78 is 5.66. The Kier molecular flexibility index (Phi) is 3.05. The van der Waals surface area contributed by atoms with Crippen molar-refractivity contribution >= 4 is 5.78 Å². The van der Waals surface area contributed by atoms with E-state index in [1.165, 1.54) is 12.8 Å². The molecule has 1 aliphatic rings. The molecule has 2 nitrogen and oxygen atoms in total. The molecule has 0 aliphatic heterocycles. The molecule has 2 rings (SSSR count). The molecule has 0 saturated heterocycles. The normalized spacial score (nSPS) is 15.0. The minimum absolute atomic E-state index is 0.154. The molecule has 0 N–H and O–H groups in total. The molecule has 1 saturated carbocycles. The molecule has 0 spiro atoms. The second-order valence-electron chi connectivity index (χ2n) is 4.03. The van der Waals surface area contributed by atoms with Crippen LogP contribution in [-0.4, -0.2) is 12.4 Å². The van der Waals surface area contributed by atoms with E-state index in [0.717, 1.165) is 23.8 Å². The molecular formula is C13H16O2. The molecule has 1 aromatic rings. The largest absolute Gasteiger partial charge is 0.493 e. The number of hydrogen-bond donors (Lipinski definition) is 0. The minimum Gasteiger partial charge on any atom is -0.493 e. The quantitative estimate of drug-likeness (QED) is 0.689. The Balaban J connectivity index is 2.09. The Morgan fingerprint density at radius 1 is 1.40 bits per heavy atom. The number of carbonyl (C=O) groups excluding carboxylic acids is 1. The van der Waals surface area contributed by atoms with Crippen LogP contribution in [0.15, 0.2) is 24.3 Å². The van der Waals surface area contributed by atoms with Crippen LogP contribution in [0.2, 0.25) is 0 Å². The first-order chi connectivity index (χ1) is 7.31. The van der Waals surface area contributed by atoms with Crippen molar-refractivity contribution < 1.29 is 9.53 Å². The van der Waals surface area contributed by atoms with Crippen LogP contribution < -0.4 is 4.74 Å². The first-order valence-corrected chi connectivity index (χ1v) is 5.56. The summed E-state index contributed by atoms with van der Waals surface area (Å²) in [5.74, 6) is 1.62. The monoisotopic (exact) mass is 204 g/mol. The lowest BCUT2D eigenvalue weighted by Gasteiger charge is -2.09. The maximum atomic E-state index is 11.6. The average molecular weight is 204 g/mol. The van der Waals surface area contributed by atoms with Crippen molar-refractivity contribution in [2.75, 3.05) is 6.61 Å². The van der Waals surface area contributed by atoms with Crippen molar-refractivity contribution in [1.82, 2.24) is 0 Å². The Bertz CT molecular complexity index is 353. The summed E-state index contributed by atoms with van der Waals surface area (Å²) in [5.41, 5.74) is 0.723. The van der Waals surface area contributed by atoms with Crippen molar-refractivity contribution in [3.8, 4) is 5.75 Å².